The smallest absolute Gasteiger partial charge is 0.245 e. The maximum absolute atomic E-state index is 11.9. The van der Waals surface area contributed by atoms with Crippen molar-refractivity contribution in [1.82, 2.24) is 9.97 Å². The van der Waals surface area contributed by atoms with E-state index in [9.17, 15) is 8.78 Å². The van der Waals surface area contributed by atoms with E-state index in [1.165, 1.54) is 6.20 Å². The van der Waals surface area contributed by atoms with Gasteiger partial charge in [-0.1, -0.05) is 0 Å². The van der Waals surface area contributed by atoms with Gasteiger partial charge in [0.05, 0.1) is 0 Å². The van der Waals surface area contributed by atoms with E-state index in [0.29, 0.717) is 5.56 Å². The van der Waals surface area contributed by atoms with Crippen molar-refractivity contribution in [2.75, 3.05) is 0 Å². The Morgan fingerprint density at radius 2 is 2.20 bits per heavy atom. The van der Waals surface area contributed by atoms with E-state index < -0.39 is 6.43 Å². The van der Waals surface area contributed by atoms with E-state index in [2.05, 4.69) is 9.97 Å². The van der Waals surface area contributed by atoms with Crippen LogP contribution in [0.15, 0.2) is 12.5 Å². The van der Waals surface area contributed by atoms with Crippen molar-refractivity contribution in [3.05, 3.63) is 23.8 Å². The highest BCUT2D eigenvalue weighted by Crippen LogP contribution is 2.17. The van der Waals surface area contributed by atoms with E-state index in [4.69, 9.17) is 0 Å². The molecule has 0 aliphatic heterocycles. The lowest BCUT2D eigenvalue weighted by atomic mass is 10.3. The second-order valence-electron chi connectivity index (χ2n) is 1.89. The summed E-state index contributed by atoms with van der Waals surface area (Å²) in [7, 11) is 0. The molecular formula is C6H6F2N2. The van der Waals surface area contributed by atoms with Gasteiger partial charge in [-0.15, -0.1) is 0 Å². The van der Waals surface area contributed by atoms with Crippen LogP contribution >= 0.6 is 0 Å². The summed E-state index contributed by atoms with van der Waals surface area (Å²) in [5, 5.41) is 0. The fourth-order valence-corrected chi connectivity index (χ4v) is 0.637. The van der Waals surface area contributed by atoms with Gasteiger partial charge in [-0.25, -0.2) is 18.7 Å². The Kier molecular flexibility index (Phi) is 1.89. The van der Waals surface area contributed by atoms with Crippen molar-refractivity contribution in [2.24, 2.45) is 0 Å². The predicted molar refractivity (Wildman–Crippen MR) is 31.7 cm³/mol. The van der Waals surface area contributed by atoms with Gasteiger partial charge in [-0.05, 0) is 12.5 Å². The Bertz CT molecular complexity index is 225. The number of alkyl halides is 2. The van der Waals surface area contributed by atoms with Crippen LogP contribution in [0.3, 0.4) is 0 Å². The number of nitrogens with zero attached hydrogens (tertiary/aromatic N) is 2. The number of aromatic nitrogens is 2. The SMILES string of the molecule is Cc1cncnc1C(F)F. The lowest BCUT2D eigenvalue weighted by molar-refractivity contribution is 0.145. The maximum Gasteiger partial charge on any atom is 0.280 e. The molecule has 0 amide bonds. The Hall–Kier alpha value is -1.06. The largest absolute Gasteiger partial charge is 0.280 e. The van der Waals surface area contributed by atoms with E-state index >= 15 is 0 Å². The molecule has 1 heterocycles. The first kappa shape index (κ1) is 7.05. The third-order valence-corrected chi connectivity index (χ3v) is 1.14. The van der Waals surface area contributed by atoms with Gasteiger partial charge in [0.25, 0.3) is 6.43 Å². The standard InChI is InChI=1S/C6H6F2N2/c1-4-2-9-3-10-5(4)6(7)8/h2-3,6H,1H3. The molecule has 0 fully saturated rings. The monoisotopic (exact) mass is 144 g/mol. The fraction of sp³-hybridized carbons (Fsp3) is 0.333. The molecule has 1 rings (SSSR count). The fourth-order valence-electron chi connectivity index (χ4n) is 0.637. The van der Waals surface area contributed by atoms with E-state index in [0.717, 1.165) is 6.33 Å². The van der Waals surface area contributed by atoms with Crippen molar-refractivity contribution in [3.63, 3.8) is 0 Å². The van der Waals surface area contributed by atoms with Gasteiger partial charge < -0.3 is 0 Å². The molecular weight excluding hydrogens is 138 g/mol. The van der Waals surface area contributed by atoms with Gasteiger partial charge in [-0.2, -0.15) is 0 Å². The number of halogens is 2. The van der Waals surface area contributed by atoms with Gasteiger partial charge in [0.15, 0.2) is 0 Å². The van der Waals surface area contributed by atoms with Crippen LogP contribution in [-0.2, 0) is 0 Å². The Morgan fingerprint density at radius 1 is 1.50 bits per heavy atom. The first-order valence-electron chi connectivity index (χ1n) is 2.76. The highest BCUT2D eigenvalue weighted by atomic mass is 19.3. The third-order valence-electron chi connectivity index (χ3n) is 1.14. The molecule has 0 aliphatic rings. The Labute approximate surface area is 56.9 Å². The normalized spacial score (nSPS) is 10.4. The van der Waals surface area contributed by atoms with E-state index in [-0.39, 0.29) is 5.69 Å². The van der Waals surface area contributed by atoms with Crippen LogP contribution in [0, 0.1) is 6.92 Å². The summed E-state index contributed by atoms with van der Waals surface area (Å²) in [5.74, 6) is 0. The van der Waals surface area contributed by atoms with Crippen LogP contribution in [-0.4, -0.2) is 9.97 Å². The first-order valence-corrected chi connectivity index (χ1v) is 2.76. The second-order valence-corrected chi connectivity index (χ2v) is 1.89. The summed E-state index contributed by atoms with van der Waals surface area (Å²) in [6, 6.07) is 0. The number of rotatable bonds is 1. The van der Waals surface area contributed by atoms with Gasteiger partial charge >= 0.3 is 0 Å². The second kappa shape index (κ2) is 2.68. The number of hydrogen-bond donors (Lipinski definition) is 0. The predicted octanol–water partition coefficient (Wildman–Crippen LogP) is 1.72. The quantitative estimate of drug-likeness (QED) is 0.599. The molecule has 2 nitrogen and oxygen atoms in total. The molecule has 0 atom stereocenters. The summed E-state index contributed by atoms with van der Waals surface area (Å²) in [6.07, 6.45) is -0.00815. The minimum atomic E-state index is -2.50. The van der Waals surface area contributed by atoms with E-state index in [1.54, 1.807) is 6.92 Å². The average Bonchev–Trinajstić information content (AvgIpc) is 1.88. The molecule has 0 saturated heterocycles. The minimum Gasteiger partial charge on any atom is -0.245 e. The summed E-state index contributed by atoms with van der Waals surface area (Å²) in [5.41, 5.74) is 0.243. The molecule has 0 aliphatic carbocycles. The molecule has 0 radical (unpaired) electrons. The minimum absolute atomic E-state index is 0.185. The van der Waals surface area contributed by atoms with Crippen LogP contribution < -0.4 is 0 Å². The van der Waals surface area contributed by atoms with Crippen LogP contribution in [0.2, 0.25) is 0 Å². The Morgan fingerprint density at radius 3 is 2.60 bits per heavy atom. The topological polar surface area (TPSA) is 25.8 Å². The lowest BCUT2D eigenvalue weighted by Crippen LogP contribution is -1.94. The zero-order chi connectivity index (χ0) is 7.56. The number of aryl methyl sites for hydroxylation is 1. The summed E-state index contributed by atoms with van der Waals surface area (Å²) >= 11 is 0. The van der Waals surface area contributed by atoms with Crippen molar-refractivity contribution in [1.29, 1.82) is 0 Å². The van der Waals surface area contributed by atoms with Crippen molar-refractivity contribution in [2.45, 2.75) is 13.3 Å². The molecule has 0 aromatic carbocycles. The van der Waals surface area contributed by atoms with Crippen LogP contribution in [0.25, 0.3) is 0 Å². The average molecular weight is 144 g/mol. The van der Waals surface area contributed by atoms with Crippen molar-refractivity contribution < 1.29 is 8.78 Å². The molecule has 4 heteroatoms. The molecule has 0 N–H and O–H groups in total. The highest BCUT2D eigenvalue weighted by Gasteiger charge is 2.10. The summed E-state index contributed by atoms with van der Waals surface area (Å²) in [6.45, 7) is 1.56. The molecule has 54 valence electrons. The summed E-state index contributed by atoms with van der Waals surface area (Å²) < 4.78 is 23.9. The lowest BCUT2D eigenvalue weighted by Gasteiger charge is -1.99. The summed E-state index contributed by atoms with van der Waals surface area (Å²) in [4.78, 5) is 7.00. The molecule has 0 unspecified atom stereocenters. The van der Waals surface area contributed by atoms with Gasteiger partial charge in [0.1, 0.15) is 12.0 Å². The van der Waals surface area contributed by atoms with Crippen LogP contribution in [0.5, 0.6) is 0 Å². The van der Waals surface area contributed by atoms with Crippen LogP contribution in [0.1, 0.15) is 17.7 Å². The molecule has 0 saturated carbocycles. The molecule has 1 aromatic rings. The van der Waals surface area contributed by atoms with Gasteiger partial charge in [0, 0.05) is 6.20 Å². The van der Waals surface area contributed by atoms with Crippen molar-refractivity contribution in [3.8, 4) is 0 Å². The molecule has 1 aromatic heterocycles. The van der Waals surface area contributed by atoms with E-state index in [1.807, 2.05) is 0 Å². The Balaban J connectivity index is 3.03. The molecule has 0 bridgehead atoms. The van der Waals surface area contributed by atoms with Gasteiger partial charge in [-0.3, -0.25) is 0 Å². The van der Waals surface area contributed by atoms with Crippen molar-refractivity contribution >= 4 is 0 Å². The maximum atomic E-state index is 11.9. The van der Waals surface area contributed by atoms with Gasteiger partial charge in [0.2, 0.25) is 0 Å². The third kappa shape index (κ3) is 1.26. The molecule has 0 spiro atoms. The zero-order valence-corrected chi connectivity index (χ0v) is 5.38. The highest BCUT2D eigenvalue weighted by molar-refractivity contribution is 5.14. The molecule has 10 heavy (non-hydrogen) atoms. The zero-order valence-electron chi connectivity index (χ0n) is 5.38. The number of hydrogen-bond acceptors (Lipinski definition) is 2. The van der Waals surface area contributed by atoms with Crippen LogP contribution in [0.4, 0.5) is 8.78 Å². The first-order chi connectivity index (χ1) is 4.72.